The number of hydrogen-bond donors (Lipinski definition) is 1. The molecule has 88 heavy (non-hydrogen) atoms. The lowest BCUT2D eigenvalue weighted by Gasteiger charge is -2.41. The fraction of sp³-hybridized carbons (Fsp3) is 0.329. The van der Waals surface area contributed by atoms with Crippen molar-refractivity contribution < 1.29 is 4.74 Å². The molecule has 8 aromatic carbocycles. The lowest BCUT2D eigenvalue weighted by molar-refractivity contribution is 0.486. The van der Waals surface area contributed by atoms with Crippen LogP contribution in [0.1, 0.15) is 169 Å². The molecule has 0 fully saturated rings. The van der Waals surface area contributed by atoms with Gasteiger partial charge in [0.25, 0.3) is 6.71 Å². The zero-order valence-electron chi connectivity index (χ0n) is 55.8. The number of amidine groups is 2. The summed E-state index contributed by atoms with van der Waals surface area (Å²) in [5.74, 6) is 4.52. The van der Waals surface area contributed by atoms with Gasteiger partial charge in [0.1, 0.15) is 17.3 Å². The van der Waals surface area contributed by atoms with Crippen molar-refractivity contribution in [2.75, 3.05) is 19.0 Å². The zero-order valence-corrected chi connectivity index (χ0v) is 55.8. The molecule has 0 aliphatic carbocycles. The predicted octanol–water partition coefficient (Wildman–Crippen LogP) is 17.8. The van der Waals surface area contributed by atoms with Crippen LogP contribution in [0.25, 0.3) is 45.3 Å². The number of hydrogen-bond acceptors (Lipinski definition) is 6. The number of ether oxygens (including phenoxy) is 1. The molecule has 0 atom stereocenters. The first kappa shape index (κ1) is 61.2. The van der Waals surface area contributed by atoms with Gasteiger partial charge in [-0.15, -0.1) is 0 Å². The Hall–Kier alpha value is -8.43. The standard InChI is InChI=1S/C79H88BN7O/c1-74(2,3)52-30-24-48(25-31-52)69(81-19)83-72(82-20)59-22-21-23-60(73-85-70(49-26-32-53(33-27-49)75(4,5)6)84-71(86-73)50-28-34-54(35-29-50)76(7,8)9)67(59)51-44-64-68-66(45-51)88-65-43-39-57(79(16,17)18)47-62(65)80(68)61-46-56(78(13,14)15)38-42-63(61)87(64)58-40-36-55(37-41-58)77(10,11)12/h21-47H,1-20H3,(H,81,82,83). The van der Waals surface area contributed by atoms with Crippen molar-refractivity contribution in [2.24, 2.45) is 9.98 Å². The first-order valence-electron chi connectivity index (χ1n) is 31.3. The molecular weight excluding hydrogens is 1070 g/mol. The highest BCUT2D eigenvalue weighted by molar-refractivity contribution is 6.99. The second kappa shape index (κ2) is 22.3. The summed E-state index contributed by atoms with van der Waals surface area (Å²) in [6.45, 7) is 40.6. The minimum Gasteiger partial charge on any atom is -0.458 e. The van der Waals surface area contributed by atoms with Gasteiger partial charge in [0.05, 0.1) is 0 Å². The third kappa shape index (κ3) is 11.9. The maximum Gasteiger partial charge on any atom is 0.256 e. The van der Waals surface area contributed by atoms with E-state index in [0.717, 1.165) is 78.4 Å². The van der Waals surface area contributed by atoms with Crippen molar-refractivity contribution in [1.82, 2.24) is 20.3 Å². The highest BCUT2D eigenvalue weighted by atomic mass is 16.5. The van der Waals surface area contributed by atoms with Gasteiger partial charge in [-0.3, -0.25) is 4.99 Å². The van der Waals surface area contributed by atoms with E-state index < -0.39 is 0 Å². The van der Waals surface area contributed by atoms with E-state index in [4.69, 9.17) is 29.7 Å². The quantitative estimate of drug-likeness (QED) is 0.0972. The Morgan fingerprint density at radius 2 is 0.898 bits per heavy atom. The van der Waals surface area contributed by atoms with Gasteiger partial charge in [0.15, 0.2) is 23.3 Å². The summed E-state index contributed by atoms with van der Waals surface area (Å²) in [7, 11) is 3.75. The fourth-order valence-corrected chi connectivity index (χ4v) is 12.2. The van der Waals surface area contributed by atoms with Crippen LogP contribution in [0.5, 0.6) is 11.5 Å². The first-order chi connectivity index (χ1) is 41.3. The summed E-state index contributed by atoms with van der Waals surface area (Å²) in [5, 5.41) is 3.58. The molecule has 9 heteroatoms. The van der Waals surface area contributed by atoms with E-state index in [9.17, 15) is 0 Å². The van der Waals surface area contributed by atoms with Crippen LogP contribution >= 0.6 is 0 Å². The lowest BCUT2D eigenvalue weighted by atomic mass is 9.33. The van der Waals surface area contributed by atoms with E-state index in [1.54, 1.807) is 0 Å². The molecule has 0 amide bonds. The van der Waals surface area contributed by atoms with Gasteiger partial charge in [-0.1, -0.05) is 252 Å². The van der Waals surface area contributed by atoms with E-state index in [2.05, 4.69) is 299 Å². The van der Waals surface area contributed by atoms with Gasteiger partial charge in [0.2, 0.25) is 0 Å². The largest absolute Gasteiger partial charge is 0.458 e. The molecule has 0 saturated carbocycles. The van der Waals surface area contributed by atoms with Crippen molar-refractivity contribution in [1.29, 1.82) is 0 Å². The van der Waals surface area contributed by atoms with Crippen LogP contribution in [-0.2, 0) is 32.5 Å². The Bertz CT molecular complexity index is 4110. The number of anilines is 3. The molecule has 0 bridgehead atoms. The molecule has 1 aromatic heterocycles. The van der Waals surface area contributed by atoms with E-state index in [1.807, 2.05) is 14.1 Å². The molecule has 2 aliphatic heterocycles. The Balaban J connectivity index is 1.23. The Morgan fingerprint density at radius 1 is 0.443 bits per heavy atom. The van der Waals surface area contributed by atoms with Crippen molar-refractivity contribution in [2.45, 2.75) is 157 Å². The summed E-state index contributed by atoms with van der Waals surface area (Å²) in [6.07, 6.45) is 0. The number of aromatic nitrogens is 3. The lowest BCUT2D eigenvalue weighted by Crippen LogP contribution is -2.60. The van der Waals surface area contributed by atoms with Crippen molar-refractivity contribution in [3.05, 3.63) is 208 Å². The average Bonchev–Trinajstić information content (AvgIpc) is 0.943. The van der Waals surface area contributed by atoms with Gasteiger partial charge in [-0.05, 0) is 124 Å². The Kier molecular flexibility index (Phi) is 15.5. The SMILES string of the molecule is CN=C(N=C(NC)c1cccc(-c2nc(-c3ccc(C(C)(C)C)cc3)nc(-c3ccc(C(C)(C)C)cc3)n2)c1-c1cc2c3c(c1)N(c1ccc(C(C)(C)C)cc1)c1ccc(C(C)(C)C)cc1B3c1cc(C(C)(C)C)ccc1O2)c1ccc(C(C)(C)C)cc1. The number of nitrogens with zero attached hydrogens (tertiary/aromatic N) is 6. The topological polar surface area (TPSA) is 87.9 Å². The second-order valence-corrected chi connectivity index (χ2v) is 30.4. The third-order valence-corrected chi connectivity index (χ3v) is 17.7. The van der Waals surface area contributed by atoms with Crippen LogP contribution in [0.3, 0.4) is 0 Å². The van der Waals surface area contributed by atoms with Crippen molar-refractivity contribution in [3.63, 3.8) is 0 Å². The minimum atomic E-state index is -0.146. The normalized spacial score (nSPS) is 13.9. The molecule has 8 nitrogen and oxygen atoms in total. The third-order valence-electron chi connectivity index (χ3n) is 17.7. The highest BCUT2D eigenvalue weighted by Crippen LogP contribution is 2.47. The van der Waals surface area contributed by atoms with Crippen LogP contribution in [0.2, 0.25) is 0 Å². The fourth-order valence-electron chi connectivity index (χ4n) is 12.2. The van der Waals surface area contributed by atoms with Gasteiger partial charge in [0, 0.05) is 64.5 Å². The maximum atomic E-state index is 7.45. The molecule has 448 valence electrons. The summed E-state index contributed by atoms with van der Waals surface area (Å²) in [5.41, 5.74) is 20.0. The number of fused-ring (bicyclic) bond motifs is 4. The van der Waals surface area contributed by atoms with E-state index in [0.29, 0.717) is 29.1 Å². The number of benzene rings is 8. The summed E-state index contributed by atoms with van der Waals surface area (Å²) in [6, 6.07) is 60.1. The average molecular weight is 1160 g/mol. The predicted molar refractivity (Wildman–Crippen MR) is 374 cm³/mol. The number of rotatable bonds is 7. The smallest absolute Gasteiger partial charge is 0.256 e. The zero-order chi connectivity index (χ0) is 63.2. The van der Waals surface area contributed by atoms with Gasteiger partial charge in [-0.25, -0.2) is 19.9 Å². The maximum absolute atomic E-state index is 7.45. The highest BCUT2D eigenvalue weighted by Gasteiger charge is 2.44. The summed E-state index contributed by atoms with van der Waals surface area (Å²) < 4.78 is 7.45. The Morgan fingerprint density at radius 3 is 1.39 bits per heavy atom. The molecule has 0 spiro atoms. The number of aliphatic imine (C=N–C) groups is 2. The van der Waals surface area contributed by atoms with Crippen LogP contribution in [0, 0.1) is 0 Å². The molecule has 1 N–H and O–H groups in total. The van der Waals surface area contributed by atoms with Crippen LogP contribution in [0.4, 0.5) is 17.1 Å². The van der Waals surface area contributed by atoms with Gasteiger partial charge < -0.3 is 15.0 Å². The van der Waals surface area contributed by atoms with Crippen LogP contribution in [-0.4, -0.2) is 47.4 Å². The summed E-state index contributed by atoms with van der Waals surface area (Å²) in [4.78, 5) is 29.2. The molecular formula is C79H88BN7O. The molecule has 2 aliphatic rings. The Labute approximate surface area is 525 Å². The van der Waals surface area contributed by atoms with Crippen LogP contribution < -0.4 is 31.3 Å². The molecule has 0 saturated heterocycles. The first-order valence-corrected chi connectivity index (χ1v) is 31.3. The second-order valence-electron chi connectivity index (χ2n) is 30.4. The molecule has 3 heterocycles. The molecule has 0 unspecified atom stereocenters. The van der Waals surface area contributed by atoms with Crippen LogP contribution in [0.15, 0.2) is 174 Å². The van der Waals surface area contributed by atoms with Crippen molar-refractivity contribution >= 4 is 51.8 Å². The molecule has 9 aromatic rings. The van der Waals surface area contributed by atoms with Gasteiger partial charge >= 0.3 is 0 Å². The van der Waals surface area contributed by atoms with Gasteiger partial charge in [-0.2, -0.15) is 0 Å². The summed E-state index contributed by atoms with van der Waals surface area (Å²) >= 11 is 0. The van der Waals surface area contributed by atoms with E-state index in [-0.39, 0.29) is 39.2 Å². The monoisotopic (exact) mass is 1160 g/mol. The minimum absolute atomic E-state index is 0.0183. The van der Waals surface area contributed by atoms with E-state index >= 15 is 0 Å². The van der Waals surface area contributed by atoms with E-state index in [1.165, 1.54) is 38.8 Å². The molecule has 11 rings (SSSR count). The van der Waals surface area contributed by atoms with Crippen molar-refractivity contribution in [3.8, 4) is 56.8 Å². The molecule has 0 radical (unpaired) electrons. The number of nitrogens with one attached hydrogen (secondary N) is 1.